The molecule has 0 aliphatic carbocycles. The topological polar surface area (TPSA) is 0 Å². The minimum atomic E-state index is 0.294. The molecule has 0 bridgehead atoms. The Morgan fingerprint density at radius 1 is 1.00 bits per heavy atom. The molecule has 0 saturated heterocycles. The van der Waals surface area contributed by atoms with Crippen molar-refractivity contribution in [2.24, 2.45) is 0 Å². The molecule has 2 aromatic carbocycles. The van der Waals surface area contributed by atoms with Crippen LogP contribution in [-0.4, -0.2) is 6.71 Å². The predicted octanol–water partition coefficient (Wildman–Crippen LogP) is 2.97. The van der Waals surface area contributed by atoms with Crippen molar-refractivity contribution < 1.29 is 0 Å². The van der Waals surface area contributed by atoms with Gasteiger partial charge in [-0.25, -0.2) is 0 Å². The van der Waals surface area contributed by atoms with Crippen molar-refractivity contribution >= 4 is 17.6 Å². The van der Waals surface area contributed by atoms with E-state index in [9.17, 15) is 0 Å². The molecule has 0 heterocycles. The van der Waals surface area contributed by atoms with Gasteiger partial charge in [-0.15, -0.1) is 12.6 Å². The zero-order valence-corrected chi connectivity index (χ0v) is 11.0. The second-order valence-corrected chi connectivity index (χ2v) is 4.62. The van der Waals surface area contributed by atoms with E-state index in [0.717, 1.165) is 6.42 Å². The average Bonchev–Trinajstić information content (AvgIpc) is 2.42. The fourth-order valence-corrected chi connectivity index (χ4v) is 2.36. The summed E-state index contributed by atoms with van der Waals surface area (Å²) in [5.41, 5.74) is 4.06. The Kier molecular flexibility index (Phi) is 4.41. The molecular weight excluding hydrogens is 215 g/mol. The molecule has 0 unspecified atom stereocenters. The fourth-order valence-electron chi connectivity index (χ4n) is 2.36. The molecule has 0 nitrogen and oxygen atoms in total. The second kappa shape index (κ2) is 6.25. The molecule has 0 aliphatic heterocycles. The van der Waals surface area contributed by atoms with E-state index in [-0.39, 0.29) is 0 Å². The van der Waals surface area contributed by atoms with Gasteiger partial charge in [-0.1, -0.05) is 78.9 Å². The summed E-state index contributed by atoms with van der Waals surface area (Å²) in [7, 11) is 0. The minimum absolute atomic E-state index is 0.294. The fraction of sp³-hybridized carbons (Fsp3) is 0.176. The maximum Gasteiger partial charge on any atom is 0.233 e. The smallest absolute Gasteiger partial charge is 0.113 e. The molecule has 90 valence electrons. The van der Waals surface area contributed by atoms with E-state index < -0.39 is 0 Å². The van der Waals surface area contributed by atoms with Crippen LogP contribution < -0.4 is 10.9 Å². The van der Waals surface area contributed by atoms with Gasteiger partial charge in [-0.2, -0.15) is 0 Å². The van der Waals surface area contributed by atoms with Crippen LogP contribution in [0.15, 0.2) is 67.2 Å². The molecular formula is C17H19B. The van der Waals surface area contributed by atoms with Crippen molar-refractivity contribution in [1.82, 2.24) is 0 Å². The number of rotatable bonds is 5. The van der Waals surface area contributed by atoms with Crippen molar-refractivity contribution in [2.75, 3.05) is 0 Å². The van der Waals surface area contributed by atoms with Crippen LogP contribution in [0.25, 0.3) is 0 Å². The van der Waals surface area contributed by atoms with Crippen LogP contribution in [0.1, 0.15) is 18.9 Å². The van der Waals surface area contributed by atoms with Crippen molar-refractivity contribution in [3.63, 3.8) is 0 Å². The van der Waals surface area contributed by atoms with Crippen molar-refractivity contribution in [3.05, 3.63) is 72.7 Å². The monoisotopic (exact) mass is 234 g/mol. The van der Waals surface area contributed by atoms with Gasteiger partial charge in [0.1, 0.15) is 0 Å². The van der Waals surface area contributed by atoms with Crippen LogP contribution in [0, 0.1) is 0 Å². The summed E-state index contributed by atoms with van der Waals surface area (Å²) in [6, 6.07) is 19.4. The van der Waals surface area contributed by atoms with Gasteiger partial charge in [-0.05, 0) is 12.0 Å². The summed E-state index contributed by atoms with van der Waals surface area (Å²) in [6.07, 6.45) is 2.33. The van der Waals surface area contributed by atoms with Gasteiger partial charge in [-0.3, -0.25) is 0 Å². The van der Waals surface area contributed by atoms with Crippen molar-refractivity contribution in [2.45, 2.75) is 19.8 Å². The standard InChI is InChI=1S/C17H19B/c1-3-9-15-10-8-13-17(14-15)18(4-2)16-11-6-5-7-12-16/h4-8,10-14H,2-3,9H2,1H3. The first-order chi connectivity index (χ1) is 8.85. The maximum absolute atomic E-state index is 3.99. The predicted molar refractivity (Wildman–Crippen MR) is 82.1 cm³/mol. The Labute approximate surface area is 110 Å². The lowest BCUT2D eigenvalue weighted by molar-refractivity contribution is 0.923. The average molecular weight is 234 g/mol. The lowest BCUT2D eigenvalue weighted by atomic mass is 9.41. The van der Waals surface area contributed by atoms with Gasteiger partial charge >= 0.3 is 0 Å². The Bertz CT molecular complexity index is 502. The summed E-state index contributed by atoms with van der Waals surface area (Å²) in [5.74, 6) is 2.03. The van der Waals surface area contributed by atoms with Gasteiger partial charge in [0.15, 0.2) is 0 Å². The first-order valence-electron chi connectivity index (χ1n) is 6.61. The van der Waals surface area contributed by atoms with Crippen LogP contribution in [0.5, 0.6) is 0 Å². The molecule has 1 heteroatoms. The first kappa shape index (κ1) is 12.7. The third-order valence-electron chi connectivity index (χ3n) is 3.24. The van der Waals surface area contributed by atoms with Gasteiger partial charge < -0.3 is 0 Å². The van der Waals surface area contributed by atoms with E-state index in [1.54, 1.807) is 0 Å². The van der Waals surface area contributed by atoms with Crippen LogP contribution in [0.4, 0.5) is 0 Å². The van der Waals surface area contributed by atoms with Crippen LogP contribution >= 0.6 is 0 Å². The Hall–Kier alpha value is -1.76. The Morgan fingerprint density at radius 3 is 2.39 bits per heavy atom. The highest BCUT2D eigenvalue weighted by atomic mass is 14.0. The highest BCUT2D eigenvalue weighted by Crippen LogP contribution is 2.02. The highest BCUT2D eigenvalue weighted by Gasteiger charge is 2.14. The zero-order valence-electron chi connectivity index (χ0n) is 11.0. The SMILES string of the molecule is C=CB(c1ccccc1)c1cccc(CCC)c1. The van der Waals surface area contributed by atoms with E-state index in [1.165, 1.54) is 22.9 Å². The van der Waals surface area contributed by atoms with E-state index in [0.29, 0.717) is 6.71 Å². The quantitative estimate of drug-likeness (QED) is 0.697. The highest BCUT2D eigenvalue weighted by molar-refractivity contribution is 6.89. The number of aryl methyl sites for hydroxylation is 1. The van der Waals surface area contributed by atoms with E-state index in [4.69, 9.17) is 0 Å². The summed E-state index contributed by atoms with van der Waals surface area (Å²) in [6.45, 7) is 6.50. The third-order valence-corrected chi connectivity index (χ3v) is 3.24. The zero-order chi connectivity index (χ0) is 12.8. The van der Waals surface area contributed by atoms with Crippen LogP contribution in [0.2, 0.25) is 0 Å². The van der Waals surface area contributed by atoms with E-state index in [1.807, 2.05) is 5.98 Å². The lowest BCUT2D eigenvalue weighted by Gasteiger charge is -2.11. The number of hydrogen-bond donors (Lipinski definition) is 0. The number of benzene rings is 2. The normalized spacial score (nSPS) is 10.1. The molecule has 0 amide bonds. The van der Waals surface area contributed by atoms with Gasteiger partial charge in [0.25, 0.3) is 0 Å². The first-order valence-corrected chi connectivity index (χ1v) is 6.61. The number of hydrogen-bond acceptors (Lipinski definition) is 0. The van der Waals surface area contributed by atoms with Crippen LogP contribution in [-0.2, 0) is 6.42 Å². The summed E-state index contributed by atoms with van der Waals surface area (Å²) < 4.78 is 0. The Morgan fingerprint density at radius 2 is 1.72 bits per heavy atom. The Balaban J connectivity index is 2.33. The minimum Gasteiger partial charge on any atom is -0.113 e. The largest absolute Gasteiger partial charge is 0.233 e. The summed E-state index contributed by atoms with van der Waals surface area (Å²) in [5, 5.41) is 0. The third kappa shape index (κ3) is 2.92. The molecule has 2 aromatic rings. The molecule has 2 rings (SSSR count). The van der Waals surface area contributed by atoms with Gasteiger partial charge in [0.05, 0.1) is 0 Å². The van der Waals surface area contributed by atoms with Crippen LogP contribution in [0.3, 0.4) is 0 Å². The molecule has 0 spiro atoms. The molecule has 0 atom stereocenters. The molecule has 0 saturated carbocycles. The van der Waals surface area contributed by atoms with Crippen molar-refractivity contribution in [1.29, 1.82) is 0 Å². The maximum atomic E-state index is 3.99. The molecule has 0 N–H and O–H groups in total. The second-order valence-electron chi connectivity index (χ2n) is 4.62. The van der Waals surface area contributed by atoms with E-state index in [2.05, 4.69) is 68.1 Å². The van der Waals surface area contributed by atoms with E-state index >= 15 is 0 Å². The lowest BCUT2D eigenvalue weighted by Crippen LogP contribution is -2.40. The van der Waals surface area contributed by atoms with Crippen molar-refractivity contribution in [3.8, 4) is 0 Å². The molecule has 0 aliphatic rings. The summed E-state index contributed by atoms with van der Waals surface area (Å²) >= 11 is 0. The van der Waals surface area contributed by atoms with Gasteiger partial charge in [0, 0.05) is 0 Å². The molecule has 0 fully saturated rings. The van der Waals surface area contributed by atoms with Gasteiger partial charge in [0.2, 0.25) is 6.71 Å². The summed E-state index contributed by atoms with van der Waals surface area (Å²) in [4.78, 5) is 0. The molecule has 18 heavy (non-hydrogen) atoms. The molecule has 0 radical (unpaired) electrons. The molecule has 0 aromatic heterocycles.